The van der Waals surface area contributed by atoms with Crippen molar-refractivity contribution >= 4 is 23.1 Å². The molecule has 2 aliphatic rings. The van der Waals surface area contributed by atoms with E-state index in [2.05, 4.69) is 0 Å². The van der Waals surface area contributed by atoms with E-state index < -0.39 is 29.1 Å². The van der Waals surface area contributed by atoms with Crippen molar-refractivity contribution in [2.75, 3.05) is 24.6 Å². The molecule has 1 N–H and O–H groups in total. The van der Waals surface area contributed by atoms with Crippen LogP contribution in [0.25, 0.3) is 5.57 Å². The standard InChI is InChI=1S/C24H24F2N2O3/c1-14-5-7-18(15(2)10-14)21-22(27-9-3-4-16(12-27)13-29)24(31)28(23(21)30)20-11-17(25)6-8-19(20)26/h5-8,10-11,16,29H,3-4,9,12-13H2,1-2H3. The van der Waals surface area contributed by atoms with Crippen LogP contribution in [0.15, 0.2) is 42.1 Å². The third-order valence-electron chi connectivity index (χ3n) is 5.95. The lowest BCUT2D eigenvalue weighted by atomic mass is 9.95. The molecule has 4 rings (SSSR count). The summed E-state index contributed by atoms with van der Waals surface area (Å²) >= 11 is 0. The molecule has 0 spiro atoms. The van der Waals surface area contributed by atoms with E-state index in [-0.39, 0.29) is 23.8 Å². The highest BCUT2D eigenvalue weighted by Gasteiger charge is 2.44. The van der Waals surface area contributed by atoms with Gasteiger partial charge in [0.25, 0.3) is 11.8 Å². The molecular formula is C24H24F2N2O3. The molecule has 1 atom stereocenters. The van der Waals surface area contributed by atoms with Gasteiger partial charge in [0.15, 0.2) is 0 Å². The minimum Gasteiger partial charge on any atom is -0.396 e. The van der Waals surface area contributed by atoms with Gasteiger partial charge in [0.05, 0.1) is 11.3 Å². The van der Waals surface area contributed by atoms with Crippen molar-refractivity contribution in [1.29, 1.82) is 0 Å². The highest BCUT2D eigenvalue weighted by Crippen LogP contribution is 2.38. The Morgan fingerprint density at radius 3 is 2.55 bits per heavy atom. The minimum atomic E-state index is -0.851. The van der Waals surface area contributed by atoms with Gasteiger partial charge in [-0.05, 0) is 55.9 Å². The summed E-state index contributed by atoms with van der Waals surface area (Å²) in [6.07, 6.45) is 1.58. The molecule has 2 aromatic carbocycles. The number of piperidine rings is 1. The minimum absolute atomic E-state index is 0.0208. The highest BCUT2D eigenvalue weighted by molar-refractivity contribution is 6.45. The van der Waals surface area contributed by atoms with Gasteiger partial charge in [-0.15, -0.1) is 0 Å². The van der Waals surface area contributed by atoms with E-state index in [4.69, 9.17) is 0 Å². The average Bonchev–Trinajstić information content (AvgIpc) is 3.00. The van der Waals surface area contributed by atoms with Crippen LogP contribution in [0.1, 0.15) is 29.5 Å². The molecule has 2 aromatic rings. The van der Waals surface area contributed by atoms with Gasteiger partial charge >= 0.3 is 0 Å². The quantitative estimate of drug-likeness (QED) is 0.760. The number of aliphatic hydroxyl groups excluding tert-OH is 1. The molecule has 0 bridgehead atoms. The van der Waals surface area contributed by atoms with E-state index in [0.29, 0.717) is 18.7 Å². The topological polar surface area (TPSA) is 60.9 Å². The second-order valence-corrected chi connectivity index (χ2v) is 8.22. The number of carbonyl (C=O) groups is 2. The van der Waals surface area contributed by atoms with E-state index in [0.717, 1.165) is 47.1 Å². The summed E-state index contributed by atoms with van der Waals surface area (Å²) in [5.74, 6) is -2.97. The molecule has 1 unspecified atom stereocenters. The maximum atomic E-state index is 14.5. The van der Waals surface area contributed by atoms with Crippen molar-refractivity contribution in [3.63, 3.8) is 0 Å². The number of hydrogen-bond donors (Lipinski definition) is 1. The fraction of sp³-hybridized carbons (Fsp3) is 0.333. The van der Waals surface area contributed by atoms with Gasteiger partial charge in [-0.3, -0.25) is 9.59 Å². The predicted molar refractivity (Wildman–Crippen MR) is 113 cm³/mol. The zero-order valence-corrected chi connectivity index (χ0v) is 17.5. The van der Waals surface area contributed by atoms with Crippen molar-refractivity contribution < 1.29 is 23.5 Å². The van der Waals surface area contributed by atoms with Gasteiger partial charge < -0.3 is 10.0 Å². The Bertz CT molecular complexity index is 1100. The van der Waals surface area contributed by atoms with Gasteiger partial charge in [-0.1, -0.05) is 23.8 Å². The fourth-order valence-corrected chi connectivity index (χ4v) is 4.44. The number of nitrogens with zero attached hydrogens (tertiary/aromatic N) is 2. The number of aryl methyl sites for hydroxylation is 2. The van der Waals surface area contributed by atoms with Gasteiger partial charge in [-0.2, -0.15) is 0 Å². The maximum absolute atomic E-state index is 14.5. The van der Waals surface area contributed by atoms with Crippen LogP contribution in [-0.2, 0) is 9.59 Å². The number of amides is 2. The van der Waals surface area contributed by atoms with Crippen LogP contribution in [-0.4, -0.2) is 41.5 Å². The average molecular weight is 426 g/mol. The number of halogens is 2. The molecule has 0 aliphatic carbocycles. The molecule has 1 fully saturated rings. The number of anilines is 1. The molecule has 0 saturated carbocycles. The first-order chi connectivity index (χ1) is 14.8. The van der Waals surface area contributed by atoms with Crippen molar-refractivity contribution in [3.8, 4) is 0 Å². The van der Waals surface area contributed by atoms with E-state index in [1.54, 1.807) is 11.0 Å². The molecule has 0 radical (unpaired) electrons. The SMILES string of the molecule is Cc1ccc(C2=C(N3CCCC(CO)C3)C(=O)N(c3cc(F)ccc3F)C2=O)c(C)c1. The van der Waals surface area contributed by atoms with Crippen LogP contribution < -0.4 is 4.90 Å². The molecule has 31 heavy (non-hydrogen) atoms. The van der Waals surface area contributed by atoms with Crippen molar-refractivity contribution in [3.05, 3.63) is 70.4 Å². The second-order valence-electron chi connectivity index (χ2n) is 8.22. The maximum Gasteiger partial charge on any atom is 0.282 e. The van der Waals surface area contributed by atoms with Crippen molar-refractivity contribution in [2.24, 2.45) is 5.92 Å². The number of hydrogen-bond acceptors (Lipinski definition) is 4. The summed E-state index contributed by atoms with van der Waals surface area (Å²) < 4.78 is 28.4. The lowest BCUT2D eigenvalue weighted by Crippen LogP contribution is -2.40. The first-order valence-electron chi connectivity index (χ1n) is 10.3. The smallest absolute Gasteiger partial charge is 0.282 e. The number of rotatable bonds is 4. The Kier molecular flexibility index (Phi) is 5.62. The Balaban J connectivity index is 1.88. The lowest BCUT2D eigenvalue weighted by Gasteiger charge is -2.34. The fourth-order valence-electron chi connectivity index (χ4n) is 4.44. The summed E-state index contributed by atoms with van der Waals surface area (Å²) in [4.78, 5) is 29.5. The summed E-state index contributed by atoms with van der Waals surface area (Å²) in [5.41, 5.74) is 2.37. The third-order valence-corrected chi connectivity index (χ3v) is 5.95. The van der Waals surface area contributed by atoms with E-state index in [1.165, 1.54) is 0 Å². The zero-order chi connectivity index (χ0) is 22.3. The number of likely N-dealkylation sites (tertiary alicyclic amines) is 1. The summed E-state index contributed by atoms with van der Waals surface area (Å²) in [6.45, 7) is 4.71. The Morgan fingerprint density at radius 2 is 1.84 bits per heavy atom. The van der Waals surface area contributed by atoms with Crippen molar-refractivity contribution in [1.82, 2.24) is 4.90 Å². The largest absolute Gasteiger partial charge is 0.396 e. The molecule has 2 aliphatic heterocycles. The third kappa shape index (κ3) is 3.74. The Hall–Kier alpha value is -3.06. The van der Waals surface area contributed by atoms with Crippen LogP contribution in [0.4, 0.5) is 14.5 Å². The molecule has 2 amide bonds. The molecule has 0 aromatic heterocycles. The number of carbonyl (C=O) groups excluding carboxylic acids is 2. The highest BCUT2D eigenvalue weighted by atomic mass is 19.1. The van der Waals surface area contributed by atoms with Crippen LogP contribution in [0.2, 0.25) is 0 Å². The van der Waals surface area contributed by atoms with Gasteiger partial charge in [0.2, 0.25) is 0 Å². The van der Waals surface area contributed by atoms with Crippen LogP contribution >= 0.6 is 0 Å². The first-order valence-corrected chi connectivity index (χ1v) is 10.3. The summed E-state index contributed by atoms with van der Waals surface area (Å²) in [5, 5.41) is 9.63. The van der Waals surface area contributed by atoms with Crippen molar-refractivity contribution in [2.45, 2.75) is 26.7 Å². The van der Waals surface area contributed by atoms with Gasteiger partial charge in [0.1, 0.15) is 17.3 Å². The lowest BCUT2D eigenvalue weighted by molar-refractivity contribution is -0.121. The molecule has 2 heterocycles. The van der Waals surface area contributed by atoms with Gasteiger partial charge in [0, 0.05) is 25.8 Å². The molecule has 162 valence electrons. The molecule has 7 heteroatoms. The Labute approximate surface area is 179 Å². The predicted octanol–water partition coefficient (Wildman–Crippen LogP) is 3.57. The molecule has 1 saturated heterocycles. The first kappa shape index (κ1) is 21.2. The number of imide groups is 1. The molecular weight excluding hydrogens is 402 g/mol. The zero-order valence-electron chi connectivity index (χ0n) is 17.5. The van der Waals surface area contributed by atoms with Gasteiger partial charge in [-0.25, -0.2) is 13.7 Å². The summed E-state index contributed by atoms with van der Waals surface area (Å²) in [7, 11) is 0. The van der Waals surface area contributed by atoms with E-state index >= 15 is 0 Å². The van der Waals surface area contributed by atoms with E-state index in [1.807, 2.05) is 26.0 Å². The van der Waals surface area contributed by atoms with Crippen LogP contribution in [0.3, 0.4) is 0 Å². The van der Waals surface area contributed by atoms with Crippen LogP contribution in [0, 0.1) is 31.4 Å². The Morgan fingerprint density at radius 1 is 1.06 bits per heavy atom. The molecule has 5 nitrogen and oxygen atoms in total. The number of aliphatic hydroxyl groups is 1. The monoisotopic (exact) mass is 426 g/mol. The number of benzene rings is 2. The van der Waals surface area contributed by atoms with E-state index in [9.17, 15) is 23.5 Å². The van der Waals surface area contributed by atoms with Crippen LogP contribution in [0.5, 0.6) is 0 Å². The summed E-state index contributed by atoms with van der Waals surface area (Å²) in [6, 6.07) is 8.26. The normalized spacial score (nSPS) is 19.6. The second kappa shape index (κ2) is 8.23.